The van der Waals surface area contributed by atoms with Crippen molar-refractivity contribution in [1.82, 2.24) is 20.1 Å². The Morgan fingerprint density at radius 1 is 1.09 bits per heavy atom. The molecule has 180 valence electrons. The van der Waals surface area contributed by atoms with Crippen LogP contribution in [-0.4, -0.2) is 77.2 Å². The molecule has 34 heavy (non-hydrogen) atoms. The number of nitrogens with zero attached hydrogens (tertiary/aromatic N) is 4. The average Bonchev–Trinajstić information content (AvgIpc) is 3.08. The number of hydrogen-bond donors (Lipinski definition) is 2. The molecule has 8 nitrogen and oxygen atoms in total. The van der Waals surface area contributed by atoms with Crippen LogP contribution in [0.4, 0.5) is 10.5 Å². The summed E-state index contributed by atoms with van der Waals surface area (Å²) in [5.41, 5.74) is 4.67. The number of carbonyl (C=O) groups is 2. The SMILES string of the molecule is O=C(O)CC(c1cccnc1)N1CCC(N2CCN(c3ccc4c(c3)CCNCC4)C2=O)CC1. The molecule has 1 atom stereocenters. The van der Waals surface area contributed by atoms with Crippen LogP contribution in [0.3, 0.4) is 0 Å². The van der Waals surface area contributed by atoms with Gasteiger partial charge in [-0.2, -0.15) is 0 Å². The van der Waals surface area contributed by atoms with Crippen LogP contribution in [-0.2, 0) is 17.6 Å². The first-order chi connectivity index (χ1) is 16.6. The highest BCUT2D eigenvalue weighted by Crippen LogP contribution is 2.31. The number of anilines is 1. The summed E-state index contributed by atoms with van der Waals surface area (Å²) >= 11 is 0. The lowest BCUT2D eigenvalue weighted by Crippen LogP contribution is -2.47. The topological polar surface area (TPSA) is 89.0 Å². The molecule has 2 saturated heterocycles. The van der Waals surface area contributed by atoms with Crippen LogP contribution >= 0.6 is 0 Å². The predicted octanol–water partition coefficient (Wildman–Crippen LogP) is 2.69. The summed E-state index contributed by atoms with van der Waals surface area (Å²) in [6.45, 7) is 4.99. The molecule has 3 aliphatic heterocycles. The van der Waals surface area contributed by atoms with Gasteiger partial charge in [0, 0.05) is 56.3 Å². The lowest BCUT2D eigenvalue weighted by Gasteiger charge is -2.40. The Bertz CT molecular complexity index is 1020. The number of rotatable bonds is 6. The molecule has 4 heterocycles. The van der Waals surface area contributed by atoms with Crippen molar-refractivity contribution >= 4 is 17.7 Å². The lowest BCUT2D eigenvalue weighted by molar-refractivity contribution is -0.138. The molecule has 2 amide bonds. The van der Waals surface area contributed by atoms with Crippen LogP contribution in [0.25, 0.3) is 0 Å². The summed E-state index contributed by atoms with van der Waals surface area (Å²) in [4.78, 5) is 35.2. The summed E-state index contributed by atoms with van der Waals surface area (Å²) in [6.07, 6.45) is 7.27. The number of carboxylic acids is 1. The Morgan fingerprint density at radius 2 is 1.88 bits per heavy atom. The largest absolute Gasteiger partial charge is 0.481 e. The van der Waals surface area contributed by atoms with E-state index < -0.39 is 5.97 Å². The van der Waals surface area contributed by atoms with E-state index in [1.807, 2.05) is 21.9 Å². The van der Waals surface area contributed by atoms with Crippen molar-refractivity contribution in [2.45, 2.75) is 44.2 Å². The van der Waals surface area contributed by atoms with Gasteiger partial charge in [-0.15, -0.1) is 0 Å². The number of carboxylic acid groups (broad SMARTS) is 1. The molecule has 0 saturated carbocycles. The van der Waals surface area contributed by atoms with E-state index in [-0.39, 0.29) is 24.5 Å². The van der Waals surface area contributed by atoms with Crippen LogP contribution in [0.2, 0.25) is 0 Å². The van der Waals surface area contributed by atoms with Gasteiger partial charge in [-0.1, -0.05) is 12.1 Å². The lowest BCUT2D eigenvalue weighted by atomic mass is 9.97. The summed E-state index contributed by atoms with van der Waals surface area (Å²) < 4.78 is 0. The summed E-state index contributed by atoms with van der Waals surface area (Å²) in [7, 11) is 0. The molecule has 1 unspecified atom stereocenters. The molecule has 3 aliphatic rings. The van der Waals surface area contributed by atoms with Crippen molar-refractivity contribution in [3.63, 3.8) is 0 Å². The first-order valence-corrected chi connectivity index (χ1v) is 12.4. The van der Waals surface area contributed by atoms with Crippen molar-refractivity contribution < 1.29 is 14.7 Å². The van der Waals surface area contributed by atoms with Crippen molar-refractivity contribution in [2.75, 3.05) is 44.2 Å². The molecule has 0 spiro atoms. The van der Waals surface area contributed by atoms with E-state index in [1.165, 1.54) is 11.1 Å². The maximum Gasteiger partial charge on any atom is 0.324 e. The van der Waals surface area contributed by atoms with Gasteiger partial charge in [0.2, 0.25) is 0 Å². The second-order valence-electron chi connectivity index (χ2n) is 9.50. The summed E-state index contributed by atoms with van der Waals surface area (Å²) in [6, 6.07) is 10.4. The van der Waals surface area contributed by atoms with Gasteiger partial charge in [0.1, 0.15) is 0 Å². The van der Waals surface area contributed by atoms with Gasteiger partial charge in [0.15, 0.2) is 0 Å². The number of amides is 2. The van der Waals surface area contributed by atoms with Crippen LogP contribution in [0, 0.1) is 0 Å². The van der Waals surface area contributed by atoms with Gasteiger partial charge >= 0.3 is 12.0 Å². The first kappa shape index (κ1) is 22.8. The van der Waals surface area contributed by atoms with Crippen molar-refractivity contribution in [3.8, 4) is 0 Å². The van der Waals surface area contributed by atoms with E-state index in [1.54, 1.807) is 12.4 Å². The van der Waals surface area contributed by atoms with Crippen molar-refractivity contribution in [1.29, 1.82) is 0 Å². The van der Waals surface area contributed by atoms with Crippen molar-refractivity contribution in [2.24, 2.45) is 0 Å². The molecule has 2 fully saturated rings. The fourth-order valence-corrected chi connectivity index (χ4v) is 5.67. The number of aliphatic carboxylic acids is 1. The number of pyridine rings is 1. The van der Waals surface area contributed by atoms with E-state index in [2.05, 4.69) is 33.4 Å². The molecule has 1 aromatic heterocycles. The number of nitrogens with one attached hydrogen (secondary N) is 1. The number of benzene rings is 1. The quantitative estimate of drug-likeness (QED) is 0.685. The molecule has 5 rings (SSSR count). The van der Waals surface area contributed by atoms with E-state index in [4.69, 9.17) is 0 Å². The minimum atomic E-state index is -0.808. The maximum atomic E-state index is 13.4. The van der Waals surface area contributed by atoms with Gasteiger partial charge in [-0.3, -0.25) is 19.6 Å². The van der Waals surface area contributed by atoms with Crippen molar-refractivity contribution in [3.05, 3.63) is 59.4 Å². The number of likely N-dealkylation sites (tertiary alicyclic amines) is 1. The average molecular weight is 464 g/mol. The van der Waals surface area contributed by atoms with Gasteiger partial charge in [0.25, 0.3) is 0 Å². The molecule has 0 bridgehead atoms. The fraction of sp³-hybridized carbons (Fsp3) is 0.500. The van der Waals surface area contributed by atoms with E-state index in [0.29, 0.717) is 6.54 Å². The van der Waals surface area contributed by atoms with Crippen LogP contribution < -0.4 is 10.2 Å². The predicted molar refractivity (Wildman–Crippen MR) is 130 cm³/mol. The molecule has 0 radical (unpaired) electrons. The van der Waals surface area contributed by atoms with Gasteiger partial charge < -0.3 is 15.3 Å². The van der Waals surface area contributed by atoms with Gasteiger partial charge in [-0.05, 0) is 73.7 Å². The Hall–Kier alpha value is -2.97. The second-order valence-corrected chi connectivity index (χ2v) is 9.50. The molecule has 8 heteroatoms. The maximum absolute atomic E-state index is 13.4. The molecule has 2 aromatic rings. The summed E-state index contributed by atoms with van der Waals surface area (Å²) in [5.74, 6) is -0.808. The van der Waals surface area contributed by atoms with Gasteiger partial charge in [0.05, 0.1) is 6.42 Å². The van der Waals surface area contributed by atoms with Crippen LogP contribution in [0.1, 0.15) is 42.0 Å². The normalized spacial score (nSPS) is 20.8. The number of piperidine rings is 1. The number of carbonyl (C=O) groups excluding carboxylic acids is 1. The fourth-order valence-electron chi connectivity index (χ4n) is 5.67. The van der Waals surface area contributed by atoms with Gasteiger partial charge in [-0.25, -0.2) is 4.79 Å². The standard InChI is InChI=1S/C26H33N5O3/c32-25(33)17-24(21-2-1-9-28-18-21)29-12-7-22(8-13-29)30-14-15-31(26(30)34)23-4-3-19-5-10-27-11-6-20(19)16-23/h1-4,9,16,18,22,24,27H,5-8,10-15,17H2,(H,32,33). The zero-order valence-electron chi connectivity index (χ0n) is 19.5. The Morgan fingerprint density at radius 3 is 2.62 bits per heavy atom. The Balaban J connectivity index is 1.23. The number of fused-ring (bicyclic) bond motifs is 1. The highest BCUT2D eigenvalue weighted by atomic mass is 16.4. The molecule has 1 aromatic carbocycles. The first-order valence-electron chi connectivity index (χ1n) is 12.4. The second kappa shape index (κ2) is 10.1. The smallest absolute Gasteiger partial charge is 0.324 e. The highest BCUT2D eigenvalue weighted by Gasteiger charge is 2.37. The molecule has 2 N–H and O–H groups in total. The summed E-state index contributed by atoms with van der Waals surface area (Å²) in [5, 5.41) is 12.9. The Kier molecular flexibility index (Phi) is 6.78. The molecular formula is C26H33N5O3. The zero-order chi connectivity index (χ0) is 23.5. The minimum Gasteiger partial charge on any atom is -0.481 e. The van der Waals surface area contributed by atoms with Crippen LogP contribution in [0.15, 0.2) is 42.7 Å². The third-order valence-electron chi connectivity index (χ3n) is 7.50. The zero-order valence-corrected chi connectivity index (χ0v) is 19.5. The van der Waals surface area contributed by atoms with E-state index in [9.17, 15) is 14.7 Å². The van der Waals surface area contributed by atoms with Crippen LogP contribution in [0.5, 0.6) is 0 Å². The molecular weight excluding hydrogens is 430 g/mol. The minimum absolute atomic E-state index is 0.0562. The monoisotopic (exact) mass is 463 g/mol. The third kappa shape index (κ3) is 4.79. The van der Waals surface area contributed by atoms with E-state index >= 15 is 0 Å². The third-order valence-corrected chi connectivity index (χ3v) is 7.50. The van der Waals surface area contributed by atoms with E-state index in [0.717, 1.165) is 69.7 Å². The molecule has 0 aliphatic carbocycles. The Labute approximate surface area is 200 Å². The highest BCUT2D eigenvalue weighted by molar-refractivity contribution is 5.94. The number of hydrogen-bond acceptors (Lipinski definition) is 5. The number of urea groups is 1. The number of aromatic nitrogens is 1.